The minimum Gasteiger partial charge on any atom is -0.467 e. The molecule has 1 atom stereocenters. The van der Waals surface area contributed by atoms with Crippen LogP contribution in [0.2, 0.25) is 0 Å². The summed E-state index contributed by atoms with van der Waals surface area (Å²) in [6.45, 7) is 0. The second kappa shape index (κ2) is 3.87. The number of esters is 1. The number of carbonyl (C=O) groups is 1. The topological polar surface area (TPSA) is 38.3 Å². The van der Waals surface area contributed by atoms with E-state index in [0.717, 1.165) is 11.1 Å². The van der Waals surface area contributed by atoms with Gasteiger partial charge in [0, 0.05) is 0 Å². The molecule has 0 spiro atoms. The predicted molar refractivity (Wildman–Crippen MR) is 57.5 cm³/mol. The van der Waals surface area contributed by atoms with E-state index < -0.39 is 5.54 Å². The van der Waals surface area contributed by atoms with Crippen molar-refractivity contribution >= 4 is 5.97 Å². The molecule has 1 aliphatic carbocycles. The van der Waals surface area contributed by atoms with E-state index in [1.165, 1.54) is 19.2 Å². The number of fused-ring (bicyclic) bond motifs is 1. The predicted octanol–water partition coefficient (Wildman–Crippen LogP) is 1.36. The third-order valence-corrected chi connectivity index (χ3v) is 3.26. The van der Waals surface area contributed by atoms with Crippen LogP contribution in [0.5, 0.6) is 0 Å². The van der Waals surface area contributed by atoms with Gasteiger partial charge in [0.25, 0.3) is 0 Å². The number of hydrogen-bond acceptors (Lipinski definition) is 3. The van der Waals surface area contributed by atoms with Gasteiger partial charge in [-0.15, -0.1) is 0 Å². The molecule has 1 aliphatic rings. The molecule has 0 heterocycles. The Morgan fingerprint density at radius 2 is 2.31 bits per heavy atom. The quantitative estimate of drug-likeness (QED) is 0.769. The van der Waals surface area contributed by atoms with Crippen LogP contribution in [0.1, 0.15) is 17.5 Å². The van der Waals surface area contributed by atoms with Crippen LogP contribution < -0.4 is 5.32 Å². The average Bonchev–Trinajstić information content (AvgIpc) is 2.67. The fourth-order valence-electron chi connectivity index (χ4n) is 2.39. The minimum absolute atomic E-state index is 0.268. The van der Waals surface area contributed by atoms with E-state index >= 15 is 0 Å². The maximum absolute atomic E-state index is 13.1. The number of methoxy groups -OCH3 is 1. The van der Waals surface area contributed by atoms with Gasteiger partial charge in [0.15, 0.2) is 0 Å². The lowest BCUT2D eigenvalue weighted by atomic mass is 9.92. The molecular formula is C12H14FNO2. The van der Waals surface area contributed by atoms with Crippen molar-refractivity contribution in [2.75, 3.05) is 14.2 Å². The maximum Gasteiger partial charge on any atom is 0.330 e. The summed E-state index contributed by atoms with van der Waals surface area (Å²) < 4.78 is 17.9. The zero-order chi connectivity index (χ0) is 11.8. The normalized spacial score (nSPS) is 22.9. The fourth-order valence-corrected chi connectivity index (χ4v) is 2.39. The second-order valence-electron chi connectivity index (χ2n) is 3.95. The first kappa shape index (κ1) is 11.1. The van der Waals surface area contributed by atoms with E-state index in [-0.39, 0.29) is 11.8 Å². The molecule has 0 saturated carbocycles. The molecular weight excluding hydrogens is 209 g/mol. The minimum atomic E-state index is -0.808. The van der Waals surface area contributed by atoms with Gasteiger partial charge in [0.1, 0.15) is 11.4 Å². The first-order valence-electron chi connectivity index (χ1n) is 5.20. The van der Waals surface area contributed by atoms with Crippen LogP contribution in [0.4, 0.5) is 4.39 Å². The smallest absolute Gasteiger partial charge is 0.330 e. The molecule has 0 fully saturated rings. The molecule has 0 radical (unpaired) electrons. The van der Waals surface area contributed by atoms with Crippen molar-refractivity contribution in [3.8, 4) is 0 Å². The fraction of sp³-hybridized carbons (Fsp3) is 0.417. The largest absolute Gasteiger partial charge is 0.467 e. The van der Waals surface area contributed by atoms with Gasteiger partial charge in [0.05, 0.1) is 7.11 Å². The Labute approximate surface area is 93.6 Å². The molecule has 2 rings (SSSR count). The summed E-state index contributed by atoms with van der Waals surface area (Å²) in [5, 5.41) is 3.01. The van der Waals surface area contributed by atoms with E-state index in [1.54, 1.807) is 13.1 Å². The van der Waals surface area contributed by atoms with Crippen LogP contribution in [0, 0.1) is 5.82 Å². The third kappa shape index (κ3) is 1.41. The van der Waals surface area contributed by atoms with E-state index in [1.807, 2.05) is 0 Å². The summed E-state index contributed by atoms with van der Waals surface area (Å²) in [5.74, 6) is -0.587. The van der Waals surface area contributed by atoms with Gasteiger partial charge in [0.2, 0.25) is 0 Å². The van der Waals surface area contributed by atoms with E-state index in [9.17, 15) is 9.18 Å². The Morgan fingerprint density at radius 1 is 1.56 bits per heavy atom. The number of hydrogen-bond donors (Lipinski definition) is 1. The SMILES string of the molecule is CNC1(C(=O)OC)CCc2cc(F)ccc21. The van der Waals surface area contributed by atoms with Gasteiger partial charge in [-0.1, -0.05) is 6.07 Å². The zero-order valence-electron chi connectivity index (χ0n) is 9.34. The Balaban J connectivity index is 2.51. The number of nitrogens with one attached hydrogen (secondary N) is 1. The zero-order valence-corrected chi connectivity index (χ0v) is 9.34. The molecule has 1 unspecified atom stereocenters. The lowest BCUT2D eigenvalue weighted by Crippen LogP contribution is -2.46. The average molecular weight is 223 g/mol. The van der Waals surface area contributed by atoms with Crippen molar-refractivity contribution in [3.05, 3.63) is 35.1 Å². The van der Waals surface area contributed by atoms with Gasteiger partial charge in [-0.25, -0.2) is 9.18 Å². The lowest BCUT2D eigenvalue weighted by molar-refractivity contribution is -0.148. The highest BCUT2D eigenvalue weighted by Gasteiger charge is 2.45. The van der Waals surface area contributed by atoms with Crippen molar-refractivity contribution in [3.63, 3.8) is 0 Å². The summed E-state index contributed by atoms with van der Waals surface area (Å²) in [6.07, 6.45) is 1.29. The monoisotopic (exact) mass is 223 g/mol. The molecule has 1 N–H and O–H groups in total. The summed E-state index contributed by atoms with van der Waals surface area (Å²) >= 11 is 0. The molecule has 16 heavy (non-hydrogen) atoms. The number of aryl methyl sites for hydroxylation is 1. The highest BCUT2D eigenvalue weighted by molar-refractivity contribution is 5.84. The number of rotatable bonds is 2. The van der Waals surface area contributed by atoms with Gasteiger partial charge in [-0.2, -0.15) is 0 Å². The van der Waals surface area contributed by atoms with Gasteiger partial charge in [-0.3, -0.25) is 0 Å². The number of ether oxygens (including phenoxy) is 1. The van der Waals surface area contributed by atoms with Crippen LogP contribution in [-0.4, -0.2) is 20.1 Å². The molecule has 1 aromatic rings. The van der Waals surface area contributed by atoms with Crippen LogP contribution in [0.3, 0.4) is 0 Å². The van der Waals surface area contributed by atoms with E-state index in [0.29, 0.717) is 12.8 Å². The third-order valence-electron chi connectivity index (χ3n) is 3.26. The summed E-state index contributed by atoms with van der Waals surface area (Å²) in [7, 11) is 3.08. The van der Waals surface area contributed by atoms with Gasteiger partial charge in [-0.05, 0) is 43.1 Å². The highest BCUT2D eigenvalue weighted by atomic mass is 19.1. The molecule has 0 bridgehead atoms. The Kier molecular flexibility index (Phi) is 2.68. The van der Waals surface area contributed by atoms with Crippen molar-refractivity contribution in [2.24, 2.45) is 0 Å². The maximum atomic E-state index is 13.1. The van der Waals surface area contributed by atoms with Crippen LogP contribution in [0.25, 0.3) is 0 Å². The standard InChI is InChI=1S/C12H14FNO2/c1-14-12(11(15)16-2)6-5-8-7-9(13)3-4-10(8)12/h3-4,7,14H,5-6H2,1-2H3. The van der Waals surface area contributed by atoms with E-state index in [4.69, 9.17) is 4.74 Å². The summed E-state index contributed by atoms with van der Waals surface area (Å²) in [4.78, 5) is 11.8. The van der Waals surface area contributed by atoms with Gasteiger partial charge < -0.3 is 10.1 Å². The number of carbonyl (C=O) groups excluding carboxylic acids is 1. The molecule has 86 valence electrons. The lowest BCUT2D eigenvalue weighted by Gasteiger charge is -2.26. The first-order chi connectivity index (χ1) is 7.64. The molecule has 0 aliphatic heterocycles. The second-order valence-corrected chi connectivity index (χ2v) is 3.95. The van der Waals surface area contributed by atoms with Crippen molar-refractivity contribution in [2.45, 2.75) is 18.4 Å². The first-order valence-corrected chi connectivity index (χ1v) is 5.20. The molecule has 0 amide bonds. The Hall–Kier alpha value is -1.42. The van der Waals surface area contributed by atoms with Crippen molar-refractivity contribution in [1.82, 2.24) is 5.32 Å². The van der Waals surface area contributed by atoms with Crippen molar-refractivity contribution in [1.29, 1.82) is 0 Å². The van der Waals surface area contributed by atoms with Crippen LogP contribution in [0.15, 0.2) is 18.2 Å². The number of benzene rings is 1. The van der Waals surface area contributed by atoms with Gasteiger partial charge >= 0.3 is 5.97 Å². The summed E-state index contributed by atoms with van der Waals surface area (Å²) in [5.41, 5.74) is 0.889. The van der Waals surface area contributed by atoms with Crippen LogP contribution >= 0.6 is 0 Å². The van der Waals surface area contributed by atoms with Crippen molar-refractivity contribution < 1.29 is 13.9 Å². The van der Waals surface area contributed by atoms with Crippen LogP contribution in [-0.2, 0) is 21.5 Å². The number of likely N-dealkylation sites (N-methyl/N-ethyl adjacent to an activating group) is 1. The molecule has 1 aromatic carbocycles. The summed E-state index contributed by atoms with van der Waals surface area (Å²) in [6, 6.07) is 4.52. The molecule has 4 heteroatoms. The molecule has 3 nitrogen and oxygen atoms in total. The highest BCUT2D eigenvalue weighted by Crippen LogP contribution is 2.37. The van der Waals surface area contributed by atoms with E-state index in [2.05, 4.69) is 5.32 Å². The Morgan fingerprint density at radius 3 is 2.94 bits per heavy atom. The molecule has 0 saturated heterocycles. The molecule has 0 aromatic heterocycles. The Bertz CT molecular complexity index is 433. The number of halogens is 1.